The number of aromatic nitrogens is 2. The van der Waals surface area contributed by atoms with Crippen LogP contribution in [0.4, 0.5) is 5.82 Å². The van der Waals surface area contributed by atoms with Crippen LogP contribution in [0, 0.1) is 0 Å². The van der Waals surface area contributed by atoms with Crippen LogP contribution in [0.25, 0.3) is 0 Å². The molecule has 5 N–H and O–H groups in total. The minimum atomic E-state index is -1.39. The number of aliphatic hydroxyl groups is 4. The number of fused-ring (bicyclic) bond motifs is 1. The number of anilines is 1. The summed E-state index contributed by atoms with van der Waals surface area (Å²) >= 11 is 0. The number of aliphatic imine (C=N–C) groups is 1. The van der Waals surface area contributed by atoms with E-state index in [9.17, 15) is 20.4 Å². The number of nitrogens with one attached hydrogen (secondary N) is 1. The van der Waals surface area contributed by atoms with Gasteiger partial charge in [0.25, 0.3) is 12.2 Å². The third-order valence-electron chi connectivity index (χ3n) is 3.63. The van der Waals surface area contributed by atoms with Gasteiger partial charge in [0.05, 0.1) is 13.7 Å². The molecule has 1 fully saturated rings. The molecule has 2 aliphatic heterocycles. The lowest BCUT2D eigenvalue weighted by molar-refractivity contribution is -0.753. The van der Waals surface area contributed by atoms with E-state index in [0.717, 1.165) is 0 Å². The molecule has 0 bridgehead atoms. The predicted octanol–water partition coefficient (Wildman–Crippen LogP) is -4.27. The fourth-order valence-corrected chi connectivity index (χ4v) is 2.62. The summed E-state index contributed by atoms with van der Waals surface area (Å²) in [4.78, 5) is 3.47. The zero-order chi connectivity index (χ0) is 15.3. The van der Waals surface area contributed by atoms with E-state index >= 15 is 0 Å². The minimum absolute atomic E-state index is 0.193. The Balaban J connectivity index is 2.02. The third kappa shape index (κ3) is 2.08. The molecule has 10 heteroatoms. The van der Waals surface area contributed by atoms with Crippen LogP contribution in [-0.4, -0.2) is 62.2 Å². The summed E-state index contributed by atoms with van der Waals surface area (Å²) in [6.07, 6.45) is -4.39. The largest absolute Gasteiger partial charge is 0.856 e. The lowest BCUT2D eigenvalue weighted by Crippen LogP contribution is -2.48. The molecule has 0 aliphatic carbocycles. The molecular formula is C11H16N4O6. The van der Waals surface area contributed by atoms with Crippen molar-refractivity contribution in [3.63, 3.8) is 0 Å². The zero-order valence-electron chi connectivity index (χ0n) is 11.1. The standard InChI is InChI=1S/C11H16N4O6/c1-14-3-15(8-5(14)9(19)13-11(20)12-8)10-7(18)6(17)4(2-16)21-10/h3-4,6-7,10-11,16-18,20H,2H2,1H3,(H-,12,13,19). The number of aliphatic hydroxyl groups excluding tert-OH is 4. The third-order valence-corrected chi connectivity index (χ3v) is 3.63. The van der Waals surface area contributed by atoms with E-state index < -0.39 is 43.4 Å². The first kappa shape index (κ1) is 14.2. The number of rotatable bonds is 2. The van der Waals surface area contributed by atoms with E-state index in [1.54, 1.807) is 7.05 Å². The molecule has 3 rings (SSSR count). The van der Waals surface area contributed by atoms with E-state index in [4.69, 9.17) is 9.84 Å². The SMILES string of the molecule is Cn1c[n+](C2OC(CO)C(O)C2O)c2c1C([O-])=NC(O)N2. The van der Waals surface area contributed by atoms with Gasteiger partial charge in [-0.05, 0) is 0 Å². The van der Waals surface area contributed by atoms with Gasteiger partial charge in [0.15, 0.2) is 12.0 Å². The molecule has 10 nitrogen and oxygen atoms in total. The topological polar surface area (TPSA) is 146 Å². The summed E-state index contributed by atoms with van der Waals surface area (Å²) in [6, 6.07) is 0. The van der Waals surface area contributed by atoms with Crippen molar-refractivity contribution in [2.24, 2.45) is 12.0 Å². The number of aryl methyl sites for hydroxylation is 1. The minimum Gasteiger partial charge on any atom is -0.856 e. The molecule has 1 aromatic heterocycles. The second-order valence-electron chi connectivity index (χ2n) is 5.01. The second-order valence-corrected chi connectivity index (χ2v) is 5.01. The highest BCUT2D eigenvalue weighted by Gasteiger charge is 2.47. The number of ether oxygens (including phenoxy) is 1. The first-order chi connectivity index (χ1) is 9.93. The highest BCUT2D eigenvalue weighted by molar-refractivity contribution is 5.94. The predicted molar refractivity (Wildman–Crippen MR) is 64.8 cm³/mol. The van der Waals surface area contributed by atoms with Gasteiger partial charge in [-0.25, -0.2) is 9.56 Å². The molecule has 0 radical (unpaired) electrons. The van der Waals surface area contributed by atoms with Gasteiger partial charge in [0.1, 0.15) is 18.3 Å². The van der Waals surface area contributed by atoms with Gasteiger partial charge in [-0.15, -0.1) is 0 Å². The lowest BCUT2D eigenvalue weighted by Gasteiger charge is -2.20. The molecular weight excluding hydrogens is 284 g/mol. The molecule has 5 unspecified atom stereocenters. The summed E-state index contributed by atoms with van der Waals surface area (Å²) in [5.41, 5.74) is 0.193. The summed E-state index contributed by atoms with van der Waals surface area (Å²) in [7, 11) is 1.60. The van der Waals surface area contributed by atoms with Crippen LogP contribution in [0.5, 0.6) is 0 Å². The van der Waals surface area contributed by atoms with Gasteiger partial charge >= 0.3 is 0 Å². The van der Waals surface area contributed by atoms with E-state index in [2.05, 4.69) is 10.3 Å². The quantitative estimate of drug-likeness (QED) is 0.347. The van der Waals surface area contributed by atoms with Crippen LogP contribution in [0.2, 0.25) is 0 Å². The molecule has 5 atom stereocenters. The number of imidazole rings is 1. The van der Waals surface area contributed by atoms with Gasteiger partial charge in [0.2, 0.25) is 6.23 Å². The van der Waals surface area contributed by atoms with Crippen molar-refractivity contribution < 1.29 is 34.8 Å². The van der Waals surface area contributed by atoms with Gasteiger partial charge in [-0.1, -0.05) is 0 Å². The Hall–Kier alpha value is -1.72. The summed E-state index contributed by atoms with van der Waals surface area (Å²) in [5, 5.41) is 52.9. The molecule has 0 amide bonds. The Labute approximate surface area is 119 Å². The molecule has 2 aliphatic rings. The average Bonchev–Trinajstić information content (AvgIpc) is 2.89. The fourth-order valence-electron chi connectivity index (χ4n) is 2.62. The molecule has 0 aromatic carbocycles. The first-order valence-corrected chi connectivity index (χ1v) is 6.36. The molecule has 116 valence electrons. The smallest absolute Gasteiger partial charge is 0.270 e. The van der Waals surface area contributed by atoms with Crippen LogP contribution in [0.1, 0.15) is 11.9 Å². The maximum absolute atomic E-state index is 11.8. The Morgan fingerprint density at radius 2 is 2.14 bits per heavy atom. The van der Waals surface area contributed by atoms with Crippen LogP contribution < -0.4 is 15.0 Å². The Morgan fingerprint density at radius 1 is 1.43 bits per heavy atom. The van der Waals surface area contributed by atoms with Gasteiger partial charge in [0, 0.05) is 5.90 Å². The summed E-state index contributed by atoms with van der Waals surface area (Å²) in [6.45, 7) is -0.450. The van der Waals surface area contributed by atoms with Crippen molar-refractivity contribution in [3.05, 3.63) is 12.0 Å². The van der Waals surface area contributed by atoms with E-state index in [0.29, 0.717) is 0 Å². The number of nitrogens with zero attached hydrogens (tertiary/aromatic N) is 3. The second kappa shape index (κ2) is 4.93. The molecule has 21 heavy (non-hydrogen) atoms. The van der Waals surface area contributed by atoms with Gasteiger partial charge in [-0.2, -0.15) is 0 Å². The van der Waals surface area contributed by atoms with E-state index in [1.807, 2.05) is 0 Å². The van der Waals surface area contributed by atoms with Crippen LogP contribution in [0.3, 0.4) is 0 Å². The molecule has 1 aromatic rings. The Kier molecular flexibility index (Phi) is 3.34. The van der Waals surface area contributed by atoms with Crippen molar-refractivity contribution >= 4 is 11.7 Å². The van der Waals surface area contributed by atoms with Crippen molar-refractivity contribution in [1.82, 2.24) is 4.57 Å². The average molecular weight is 300 g/mol. The van der Waals surface area contributed by atoms with Gasteiger partial charge < -0.3 is 30.3 Å². The van der Waals surface area contributed by atoms with E-state index in [-0.39, 0.29) is 11.5 Å². The summed E-state index contributed by atoms with van der Waals surface area (Å²) < 4.78 is 8.26. The number of hydrogen-bond donors (Lipinski definition) is 5. The zero-order valence-corrected chi connectivity index (χ0v) is 11.1. The highest BCUT2D eigenvalue weighted by Crippen LogP contribution is 2.28. The maximum atomic E-state index is 11.8. The van der Waals surface area contributed by atoms with Crippen molar-refractivity contribution in [1.29, 1.82) is 0 Å². The van der Waals surface area contributed by atoms with Crippen molar-refractivity contribution in [3.8, 4) is 0 Å². The first-order valence-electron chi connectivity index (χ1n) is 6.36. The molecule has 0 saturated carbocycles. The molecule has 3 heterocycles. The Bertz CT molecular complexity index is 588. The lowest BCUT2D eigenvalue weighted by atomic mass is 10.1. The Morgan fingerprint density at radius 3 is 2.76 bits per heavy atom. The molecule has 1 saturated heterocycles. The highest BCUT2D eigenvalue weighted by atomic mass is 16.6. The fraction of sp³-hybridized carbons (Fsp3) is 0.636. The van der Waals surface area contributed by atoms with Crippen LogP contribution in [-0.2, 0) is 11.8 Å². The normalized spacial score (nSPS) is 35.3. The van der Waals surface area contributed by atoms with Crippen LogP contribution >= 0.6 is 0 Å². The maximum Gasteiger partial charge on any atom is 0.270 e. The van der Waals surface area contributed by atoms with Crippen molar-refractivity contribution in [2.75, 3.05) is 11.9 Å². The monoisotopic (exact) mass is 300 g/mol. The van der Waals surface area contributed by atoms with Gasteiger partial charge in [-0.3, -0.25) is 9.88 Å². The summed E-state index contributed by atoms with van der Waals surface area (Å²) in [5.74, 6) is -0.385. The number of hydrogen-bond acceptors (Lipinski definition) is 8. The molecule has 0 spiro atoms. The van der Waals surface area contributed by atoms with E-state index in [1.165, 1.54) is 15.5 Å². The van der Waals surface area contributed by atoms with Crippen molar-refractivity contribution in [2.45, 2.75) is 30.9 Å². The van der Waals surface area contributed by atoms with Crippen LogP contribution in [0.15, 0.2) is 11.3 Å².